The summed E-state index contributed by atoms with van der Waals surface area (Å²) < 4.78 is 33.9. The van der Waals surface area contributed by atoms with Gasteiger partial charge in [-0.05, 0) is 49.5 Å². The lowest BCUT2D eigenvalue weighted by molar-refractivity contribution is 0.313. The number of halogens is 2. The summed E-state index contributed by atoms with van der Waals surface area (Å²) in [6.07, 6.45) is 1.55. The number of nitrogens with one attached hydrogen (secondary N) is 1. The molecule has 3 heterocycles. The van der Waals surface area contributed by atoms with Crippen molar-refractivity contribution in [3.05, 3.63) is 76.7 Å². The summed E-state index contributed by atoms with van der Waals surface area (Å²) in [6.45, 7) is 4.06. The van der Waals surface area contributed by atoms with Gasteiger partial charge in [-0.1, -0.05) is 0 Å². The number of likely N-dealkylation sites (N-methyl/N-ethyl adjacent to an activating group) is 1. The van der Waals surface area contributed by atoms with Crippen LogP contribution in [0.3, 0.4) is 0 Å². The zero-order valence-corrected chi connectivity index (χ0v) is 19.3. The van der Waals surface area contributed by atoms with Crippen molar-refractivity contribution in [2.75, 3.05) is 43.4 Å². The molecular formula is C25H24F2N6O2. The fraction of sp³-hybridized carbons (Fsp3) is 0.240. The molecule has 1 aliphatic rings. The number of pyridine rings is 1. The fourth-order valence-electron chi connectivity index (χ4n) is 3.98. The van der Waals surface area contributed by atoms with Crippen LogP contribution in [0.15, 0.2) is 59.5 Å². The van der Waals surface area contributed by atoms with Gasteiger partial charge in [-0.2, -0.15) is 4.98 Å². The summed E-state index contributed by atoms with van der Waals surface area (Å²) in [5, 5.41) is 3.69. The van der Waals surface area contributed by atoms with Crippen LogP contribution in [0.5, 0.6) is 11.5 Å². The molecule has 2 aromatic heterocycles. The first kappa shape index (κ1) is 22.7. The third-order valence-electron chi connectivity index (χ3n) is 6.02. The molecule has 35 heavy (non-hydrogen) atoms. The molecule has 0 amide bonds. The maximum absolute atomic E-state index is 14.0. The molecule has 2 aromatic carbocycles. The molecule has 180 valence electrons. The third-order valence-corrected chi connectivity index (χ3v) is 6.02. The molecule has 0 atom stereocenters. The number of rotatable bonds is 5. The zero-order chi connectivity index (χ0) is 24.5. The average Bonchev–Trinajstić information content (AvgIpc) is 2.85. The van der Waals surface area contributed by atoms with Gasteiger partial charge in [0.25, 0.3) is 5.56 Å². The summed E-state index contributed by atoms with van der Waals surface area (Å²) in [5.74, 6) is -1.67. The molecular weight excluding hydrogens is 454 g/mol. The lowest BCUT2D eigenvalue weighted by Gasteiger charge is -2.34. The molecule has 0 spiro atoms. The van der Waals surface area contributed by atoms with Crippen molar-refractivity contribution < 1.29 is 13.5 Å². The molecule has 0 unspecified atom stereocenters. The van der Waals surface area contributed by atoms with Crippen LogP contribution in [0.2, 0.25) is 0 Å². The third kappa shape index (κ3) is 4.78. The van der Waals surface area contributed by atoms with Gasteiger partial charge >= 0.3 is 0 Å². The molecule has 4 aromatic rings. The number of aromatic nitrogens is 3. The minimum Gasteiger partial charge on any atom is -0.448 e. The second-order valence-corrected chi connectivity index (χ2v) is 8.48. The minimum atomic E-state index is -0.901. The van der Waals surface area contributed by atoms with Crippen LogP contribution < -0.4 is 20.5 Å². The smallest absolute Gasteiger partial charge is 0.294 e. The SMILES string of the molecule is CN1CCN(c2ccc(Nc3ncc4cc(Oc5ccc(F)cc5F)c(=O)n(C)c4n3)cc2)CC1. The molecule has 1 saturated heterocycles. The highest BCUT2D eigenvalue weighted by Crippen LogP contribution is 2.26. The van der Waals surface area contributed by atoms with Gasteiger partial charge in [-0.25, -0.2) is 13.8 Å². The number of anilines is 3. The van der Waals surface area contributed by atoms with E-state index in [1.54, 1.807) is 13.2 Å². The average molecular weight is 479 g/mol. The Hall–Kier alpha value is -4.05. The second kappa shape index (κ2) is 9.30. The van der Waals surface area contributed by atoms with Gasteiger partial charge in [0.2, 0.25) is 5.95 Å². The highest BCUT2D eigenvalue weighted by atomic mass is 19.1. The normalized spacial score (nSPS) is 14.3. The van der Waals surface area contributed by atoms with Gasteiger partial charge < -0.3 is 19.9 Å². The van der Waals surface area contributed by atoms with E-state index in [9.17, 15) is 13.6 Å². The van der Waals surface area contributed by atoms with Crippen molar-refractivity contribution in [3.8, 4) is 11.5 Å². The van der Waals surface area contributed by atoms with Crippen molar-refractivity contribution in [2.45, 2.75) is 0 Å². The van der Waals surface area contributed by atoms with Crippen LogP contribution in [-0.2, 0) is 7.05 Å². The lowest BCUT2D eigenvalue weighted by Crippen LogP contribution is -2.44. The van der Waals surface area contributed by atoms with Gasteiger partial charge in [0, 0.05) is 62.3 Å². The van der Waals surface area contributed by atoms with E-state index < -0.39 is 17.2 Å². The number of nitrogens with zero attached hydrogens (tertiary/aromatic N) is 5. The van der Waals surface area contributed by atoms with Crippen LogP contribution in [0.25, 0.3) is 11.0 Å². The predicted molar refractivity (Wildman–Crippen MR) is 131 cm³/mol. The van der Waals surface area contributed by atoms with Crippen LogP contribution in [0, 0.1) is 11.6 Å². The van der Waals surface area contributed by atoms with Gasteiger partial charge in [0.1, 0.15) is 11.5 Å². The number of piperazine rings is 1. The van der Waals surface area contributed by atoms with E-state index >= 15 is 0 Å². The van der Waals surface area contributed by atoms with Crippen molar-refractivity contribution in [1.82, 2.24) is 19.4 Å². The van der Waals surface area contributed by atoms with Crippen molar-refractivity contribution >= 4 is 28.4 Å². The lowest BCUT2D eigenvalue weighted by atomic mass is 10.2. The Labute approximate surface area is 200 Å². The van der Waals surface area contributed by atoms with E-state index in [1.807, 2.05) is 12.1 Å². The first-order chi connectivity index (χ1) is 16.9. The van der Waals surface area contributed by atoms with Crippen molar-refractivity contribution in [3.63, 3.8) is 0 Å². The minimum absolute atomic E-state index is 0.116. The summed E-state index contributed by atoms with van der Waals surface area (Å²) in [6, 6.07) is 12.4. The molecule has 8 nitrogen and oxygen atoms in total. The van der Waals surface area contributed by atoms with Crippen LogP contribution >= 0.6 is 0 Å². The Balaban J connectivity index is 1.36. The predicted octanol–water partition coefficient (Wildman–Crippen LogP) is 3.89. The Bertz CT molecular complexity index is 1430. The molecule has 0 radical (unpaired) electrons. The van der Waals surface area contributed by atoms with Crippen molar-refractivity contribution in [1.29, 1.82) is 0 Å². The molecule has 1 N–H and O–H groups in total. The fourth-order valence-corrected chi connectivity index (χ4v) is 3.98. The number of benzene rings is 2. The summed E-state index contributed by atoms with van der Waals surface area (Å²) >= 11 is 0. The summed E-state index contributed by atoms with van der Waals surface area (Å²) in [7, 11) is 3.67. The van der Waals surface area contributed by atoms with Crippen LogP contribution in [0.1, 0.15) is 0 Å². The molecule has 10 heteroatoms. The first-order valence-electron chi connectivity index (χ1n) is 11.2. The quantitative estimate of drug-likeness (QED) is 0.466. The van der Waals surface area contributed by atoms with Gasteiger partial charge in [0.15, 0.2) is 17.3 Å². The highest BCUT2D eigenvalue weighted by molar-refractivity contribution is 5.77. The van der Waals surface area contributed by atoms with E-state index in [4.69, 9.17) is 4.74 Å². The highest BCUT2D eigenvalue weighted by Gasteiger charge is 2.15. The summed E-state index contributed by atoms with van der Waals surface area (Å²) in [5.41, 5.74) is 1.85. The monoisotopic (exact) mass is 478 g/mol. The van der Waals surface area contributed by atoms with E-state index in [0.29, 0.717) is 23.0 Å². The van der Waals surface area contributed by atoms with Gasteiger partial charge in [-0.15, -0.1) is 0 Å². The molecule has 1 aliphatic heterocycles. The van der Waals surface area contributed by atoms with E-state index in [2.05, 4.69) is 44.3 Å². The largest absolute Gasteiger partial charge is 0.448 e. The Morgan fingerprint density at radius 1 is 0.943 bits per heavy atom. The van der Waals surface area contributed by atoms with Crippen LogP contribution in [0.4, 0.5) is 26.1 Å². The Morgan fingerprint density at radius 2 is 1.69 bits per heavy atom. The maximum atomic E-state index is 14.0. The van der Waals surface area contributed by atoms with Crippen molar-refractivity contribution in [2.24, 2.45) is 7.05 Å². The first-order valence-corrected chi connectivity index (χ1v) is 11.2. The standard InChI is InChI=1S/C25H24F2N6O2/c1-31-9-11-33(12-10-31)19-6-4-18(5-7-19)29-25-28-15-16-13-22(24(34)32(2)23(16)30-25)35-21-8-3-17(26)14-20(21)27/h3-8,13-15H,9-12H2,1-2H3,(H,28,29,30). The summed E-state index contributed by atoms with van der Waals surface area (Å²) in [4.78, 5) is 26.3. The molecule has 0 aliphatic carbocycles. The molecule has 5 rings (SSSR count). The molecule has 1 fully saturated rings. The van der Waals surface area contributed by atoms with Gasteiger partial charge in [-0.3, -0.25) is 9.36 Å². The second-order valence-electron chi connectivity index (χ2n) is 8.48. The Morgan fingerprint density at radius 3 is 2.40 bits per heavy atom. The number of ether oxygens (including phenoxy) is 1. The molecule has 0 bridgehead atoms. The maximum Gasteiger partial charge on any atom is 0.294 e. The number of hydrogen-bond donors (Lipinski definition) is 1. The number of hydrogen-bond acceptors (Lipinski definition) is 7. The van der Waals surface area contributed by atoms with E-state index in [-0.39, 0.29) is 11.5 Å². The Kier molecular flexibility index (Phi) is 6.04. The van der Waals surface area contributed by atoms with Crippen LogP contribution in [-0.4, -0.2) is 52.7 Å². The topological polar surface area (TPSA) is 75.5 Å². The van der Waals surface area contributed by atoms with Gasteiger partial charge in [0.05, 0.1) is 0 Å². The zero-order valence-electron chi connectivity index (χ0n) is 19.3. The molecule has 0 saturated carbocycles. The van der Waals surface area contributed by atoms with E-state index in [1.165, 1.54) is 10.6 Å². The van der Waals surface area contributed by atoms with E-state index in [0.717, 1.165) is 49.7 Å². The number of aryl methyl sites for hydroxylation is 1. The number of fused-ring (bicyclic) bond motifs is 1.